The summed E-state index contributed by atoms with van der Waals surface area (Å²) in [7, 11) is -3.41. The van der Waals surface area contributed by atoms with Crippen molar-refractivity contribution in [3.05, 3.63) is 29.8 Å². The van der Waals surface area contributed by atoms with E-state index in [9.17, 15) is 8.42 Å². The molecule has 0 saturated heterocycles. The molecule has 0 amide bonds. The first-order chi connectivity index (χ1) is 8.07. The molecule has 17 heavy (non-hydrogen) atoms. The number of benzene rings is 1. The molecular weight excluding hydrogens is 258 g/mol. The van der Waals surface area contributed by atoms with E-state index in [1.54, 1.807) is 24.3 Å². The molecule has 0 unspecified atom stereocenters. The molecule has 5 heteroatoms. The highest BCUT2D eigenvalue weighted by Gasteiger charge is 2.24. The Kier molecular flexibility index (Phi) is 5.43. The Morgan fingerprint density at radius 2 is 1.88 bits per heavy atom. The fraction of sp³-hybridized carbons (Fsp3) is 0.500. The van der Waals surface area contributed by atoms with Gasteiger partial charge in [0.2, 0.25) is 10.0 Å². The summed E-state index contributed by atoms with van der Waals surface area (Å²) in [6, 6.07) is 6.89. The van der Waals surface area contributed by atoms with Crippen LogP contribution >= 0.6 is 11.6 Å². The lowest BCUT2D eigenvalue weighted by atomic mass is 10.2. The number of alkyl halides is 1. The lowest BCUT2D eigenvalue weighted by Gasteiger charge is -2.21. The van der Waals surface area contributed by atoms with E-state index in [-0.39, 0.29) is 5.88 Å². The van der Waals surface area contributed by atoms with Gasteiger partial charge < -0.3 is 0 Å². The normalized spacial score (nSPS) is 12.0. The average molecular weight is 276 g/mol. The van der Waals surface area contributed by atoms with Crippen molar-refractivity contribution < 1.29 is 8.42 Å². The Hall–Kier alpha value is -0.580. The fourth-order valence-electron chi connectivity index (χ4n) is 1.70. The highest BCUT2D eigenvalue weighted by atomic mass is 35.5. The molecule has 0 N–H and O–H groups in total. The number of hydrogen-bond acceptors (Lipinski definition) is 2. The Bertz CT molecular complexity index is 459. The largest absolute Gasteiger partial charge is 0.243 e. The molecule has 0 heterocycles. The topological polar surface area (TPSA) is 37.4 Å². The van der Waals surface area contributed by atoms with Crippen LogP contribution in [0.3, 0.4) is 0 Å². The highest BCUT2D eigenvalue weighted by Crippen LogP contribution is 2.21. The summed E-state index contributed by atoms with van der Waals surface area (Å²) in [5.41, 5.74) is 0.656. The molecule has 0 aliphatic rings. The summed E-state index contributed by atoms with van der Waals surface area (Å²) in [6.45, 7) is 4.82. The van der Waals surface area contributed by atoms with Crippen LogP contribution in [0.1, 0.15) is 25.8 Å². The summed E-state index contributed by atoms with van der Waals surface area (Å²) in [6.07, 6.45) is 0.802. The van der Waals surface area contributed by atoms with Gasteiger partial charge in [-0.25, -0.2) is 8.42 Å². The van der Waals surface area contributed by atoms with Crippen LogP contribution in [0.2, 0.25) is 0 Å². The number of hydrogen-bond donors (Lipinski definition) is 0. The maximum Gasteiger partial charge on any atom is 0.243 e. The van der Waals surface area contributed by atoms with Crippen LogP contribution in [0.5, 0.6) is 0 Å². The maximum atomic E-state index is 12.4. The summed E-state index contributed by atoms with van der Waals surface area (Å²) >= 11 is 5.78. The number of nitrogens with zero attached hydrogens (tertiary/aromatic N) is 1. The van der Waals surface area contributed by atoms with E-state index < -0.39 is 10.0 Å². The van der Waals surface area contributed by atoms with Gasteiger partial charge in [-0.3, -0.25) is 0 Å². The van der Waals surface area contributed by atoms with Crippen LogP contribution < -0.4 is 0 Å². The smallest absolute Gasteiger partial charge is 0.207 e. The standard InChI is InChI=1S/C12H18ClNO2S/c1-3-9-14(4-2)17(15,16)12-8-6-5-7-11(12)10-13/h5-8H,3-4,9-10H2,1-2H3. The highest BCUT2D eigenvalue weighted by molar-refractivity contribution is 7.89. The molecule has 0 spiro atoms. The molecule has 0 saturated carbocycles. The van der Waals surface area contributed by atoms with Gasteiger partial charge in [-0.15, -0.1) is 11.6 Å². The van der Waals surface area contributed by atoms with E-state index in [2.05, 4.69) is 0 Å². The molecule has 0 radical (unpaired) electrons. The summed E-state index contributed by atoms with van der Waals surface area (Å²) in [4.78, 5) is 0.324. The molecule has 0 aliphatic heterocycles. The first-order valence-electron chi connectivity index (χ1n) is 5.71. The summed E-state index contributed by atoms with van der Waals surface area (Å²) in [5, 5.41) is 0. The lowest BCUT2D eigenvalue weighted by molar-refractivity contribution is 0.426. The summed E-state index contributed by atoms with van der Waals surface area (Å²) in [5.74, 6) is 0.207. The Labute approximate surface area is 108 Å². The van der Waals surface area contributed by atoms with Crippen molar-refractivity contribution in [3.63, 3.8) is 0 Å². The van der Waals surface area contributed by atoms with Crippen LogP contribution in [-0.4, -0.2) is 25.8 Å². The predicted octanol–water partition coefficient (Wildman–Crippen LogP) is 2.85. The van der Waals surface area contributed by atoms with Gasteiger partial charge in [-0.2, -0.15) is 4.31 Å². The Morgan fingerprint density at radius 3 is 2.41 bits per heavy atom. The molecule has 3 nitrogen and oxygen atoms in total. The molecule has 0 aliphatic carbocycles. The van der Waals surface area contributed by atoms with E-state index in [1.807, 2.05) is 13.8 Å². The van der Waals surface area contributed by atoms with Crippen LogP contribution in [-0.2, 0) is 15.9 Å². The van der Waals surface area contributed by atoms with E-state index in [0.717, 1.165) is 6.42 Å². The minimum Gasteiger partial charge on any atom is -0.207 e. The van der Waals surface area contributed by atoms with Gasteiger partial charge in [0, 0.05) is 19.0 Å². The SMILES string of the molecule is CCCN(CC)S(=O)(=O)c1ccccc1CCl. The zero-order chi connectivity index (χ0) is 12.9. The second kappa shape index (κ2) is 6.38. The molecular formula is C12H18ClNO2S. The van der Waals surface area contributed by atoms with Gasteiger partial charge in [0.05, 0.1) is 4.90 Å². The van der Waals surface area contributed by atoms with E-state index >= 15 is 0 Å². The quantitative estimate of drug-likeness (QED) is 0.749. The molecule has 0 aromatic heterocycles. The second-order valence-corrected chi connectivity index (χ2v) is 5.91. The Morgan fingerprint density at radius 1 is 1.24 bits per heavy atom. The van der Waals surface area contributed by atoms with Gasteiger partial charge in [0.15, 0.2) is 0 Å². The molecule has 96 valence electrons. The van der Waals surface area contributed by atoms with Gasteiger partial charge in [0.1, 0.15) is 0 Å². The average Bonchev–Trinajstić information content (AvgIpc) is 2.35. The van der Waals surface area contributed by atoms with Crippen molar-refractivity contribution in [2.45, 2.75) is 31.0 Å². The first-order valence-corrected chi connectivity index (χ1v) is 7.69. The summed E-state index contributed by atoms with van der Waals surface area (Å²) < 4.78 is 26.3. The minimum absolute atomic E-state index is 0.207. The second-order valence-electron chi connectivity index (χ2n) is 3.74. The third-order valence-electron chi connectivity index (χ3n) is 2.56. The van der Waals surface area contributed by atoms with Crippen LogP contribution in [0, 0.1) is 0 Å². The third kappa shape index (κ3) is 3.21. The van der Waals surface area contributed by atoms with E-state index in [1.165, 1.54) is 4.31 Å². The van der Waals surface area contributed by atoms with Crippen molar-refractivity contribution in [2.75, 3.05) is 13.1 Å². The number of halogens is 1. The van der Waals surface area contributed by atoms with Gasteiger partial charge in [0.25, 0.3) is 0 Å². The lowest BCUT2D eigenvalue weighted by Crippen LogP contribution is -2.32. The van der Waals surface area contributed by atoms with Crippen molar-refractivity contribution in [3.8, 4) is 0 Å². The van der Waals surface area contributed by atoms with Gasteiger partial charge in [-0.1, -0.05) is 32.0 Å². The minimum atomic E-state index is -3.41. The predicted molar refractivity (Wildman–Crippen MR) is 70.7 cm³/mol. The van der Waals surface area contributed by atoms with Crippen molar-refractivity contribution in [1.82, 2.24) is 4.31 Å². The maximum absolute atomic E-state index is 12.4. The number of rotatable bonds is 6. The zero-order valence-corrected chi connectivity index (χ0v) is 11.8. The fourth-order valence-corrected chi connectivity index (χ4v) is 3.78. The molecule has 0 bridgehead atoms. The molecule has 0 fully saturated rings. The molecule has 1 aromatic rings. The number of sulfonamides is 1. The molecule has 1 aromatic carbocycles. The van der Waals surface area contributed by atoms with Gasteiger partial charge in [-0.05, 0) is 18.1 Å². The van der Waals surface area contributed by atoms with Gasteiger partial charge >= 0.3 is 0 Å². The van der Waals surface area contributed by atoms with Crippen molar-refractivity contribution in [1.29, 1.82) is 0 Å². The molecule has 0 atom stereocenters. The Balaban J connectivity index is 3.20. The molecule has 1 rings (SSSR count). The van der Waals surface area contributed by atoms with Crippen molar-refractivity contribution in [2.24, 2.45) is 0 Å². The van der Waals surface area contributed by atoms with E-state index in [4.69, 9.17) is 11.6 Å². The van der Waals surface area contributed by atoms with Crippen LogP contribution in [0.4, 0.5) is 0 Å². The monoisotopic (exact) mass is 275 g/mol. The zero-order valence-electron chi connectivity index (χ0n) is 10.2. The van der Waals surface area contributed by atoms with E-state index in [0.29, 0.717) is 23.5 Å². The van der Waals surface area contributed by atoms with Crippen LogP contribution in [0.15, 0.2) is 29.2 Å². The van der Waals surface area contributed by atoms with Crippen LogP contribution in [0.25, 0.3) is 0 Å². The third-order valence-corrected chi connectivity index (χ3v) is 4.92. The van der Waals surface area contributed by atoms with Crippen molar-refractivity contribution >= 4 is 21.6 Å². The first kappa shape index (κ1) is 14.5.